The number of hydrogen-bond acceptors (Lipinski definition) is 10. The maximum absolute atomic E-state index is 12.7. The number of carbonyl (C=O) groups excluding carboxylic acids is 2. The Bertz CT molecular complexity index is 1390. The summed E-state index contributed by atoms with van der Waals surface area (Å²) in [5.41, 5.74) is 2.49. The second kappa shape index (κ2) is 18.4. The number of aromatic nitrogens is 3. The molecule has 0 amide bonds. The van der Waals surface area contributed by atoms with E-state index in [4.69, 9.17) is 18.9 Å². The zero-order chi connectivity index (χ0) is 30.9. The van der Waals surface area contributed by atoms with Crippen molar-refractivity contribution in [3.8, 4) is 0 Å². The first-order chi connectivity index (χ1) is 20.8. The van der Waals surface area contributed by atoms with Crippen LogP contribution in [-0.2, 0) is 41.9 Å². The van der Waals surface area contributed by atoms with E-state index in [-0.39, 0.29) is 35.1 Å². The molecule has 0 radical (unpaired) electrons. The van der Waals surface area contributed by atoms with Crippen LogP contribution in [-0.4, -0.2) is 87.0 Å². The lowest BCUT2D eigenvalue weighted by atomic mass is 10.0. The lowest BCUT2D eigenvalue weighted by Crippen LogP contribution is -2.13. The molecule has 3 aromatic rings. The lowest BCUT2D eigenvalue weighted by molar-refractivity contribution is -0.00464. The molecule has 12 heteroatoms. The molecule has 0 aliphatic carbocycles. The van der Waals surface area contributed by atoms with Gasteiger partial charge in [-0.05, 0) is 38.5 Å². The fraction of sp³-hybridized carbons (Fsp3) is 0.484. The van der Waals surface area contributed by atoms with Gasteiger partial charge in [0, 0.05) is 37.1 Å². The summed E-state index contributed by atoms with van der Waals surface area (Å²) < 4.78 is 48.9. The number of ether oxygens (including phenoxy) is 4. The molecule has 0 aliphatic rings. The molecule has 0 N–H and O–H groups in total. The van der Waals surface area contributed by atoms with Crippen LogP contribution in [0.25, 0.3) is 0 Å². The Balaban J connectivity index is 1.21. The van der Waals surface area contributed by atoms with Crippen LogP contribution in [0, 0.1) is 6.92 Å². The van der Waals surface area contributed by atoms with Crippen LogP contribution in [0.3, 0.4) is 0 Å². The van der Waals surface area contributed by atoms with Crippen LogP contribution in [0.1, 0.15) is 58.2 Å². The first-order valence-corrected chi connectivity index (χ1v) is 16.1. The second-order valence-corrected chi connectivity index (χ2v) is 12.0. The quantitative estimate of drug-likeness (QED) is 0.121. The van der Waals surface area contributed by atoms with Gasteiger partial charge in [0.1, 0.15) is 5.69 Å². The number of Topliss-reactive ketones (excluding diaryl/α,β-unsaturated/α-hetero) is 2. The topological polar surface area (TPSA) is 136 Å². The molecule has 0 spiro atoms. The zero-order valence-electron chi connectivity index (χ0n) is 24.9. The lowest BCUT2D eigenvalue weighted by Gasteiger charge is -2.08. The number of nitrogens with zero attached hydrogens (tertiary/aromatic N) is 3. The third-order valence-corrected chi connectivity index (χ3v) is 8.19. The summed E-state index contributed by atoms with van der Waals surface area (Å²) in [5.74, 6) is -0.710. The first kappa shape index (κ1) is 34.2. The van der Waals surface area contributed by atoms with Crippen LogP contribution >= 0.6 is 0 Å². The summed E-state index contributed by atoms with van der Waals surface area (Å²) in [4.78, 5) is 25.5. The van der Waals surface area contributed by atoms with E-state index in [1.807, 2.05) is 20.0 Å². The SMILES string of the molecule is CCn1cc(COCCOCCOCCOCCCC(=O)c2cccc(C(=O)CCS(=O)(=O)c3ccc(C)cc3)c2)nn1. The van der Waals surface area contributed by atoms with Crippen LogP contribution in [0.2, 0.25) is 0 Å². The van der Waals surface area contributed by atoms with Crippen LogP contribution in [0.15, 0.2) is 59.6 Å². The molecule has 234 valence electrons. The normalized spacial score (nSPS) is 11.6. The minimum absolute atomic E-state index is 0.102. The Morgan fingerprint density at radius 1 is 0.791 bits per heavy atom. The van der Waals surface area contributed by atoms with Crippen LogP contribution in [0.4, 0.5) is 0 Å². The number of aryl methyl sites for hydroxylation is 2. The molecule has 0 saturated carbocycles. The standard InChI is InChI=1S/C31H41N3O8S/c1-3-34-23-28(32-33-34)24-42-20-19-41-18-17-40-16-15-39-14-5-8-30(35)26-6-4-7-27(22-26)31(36)13-21-43(37,38)29-11-9-25(2)10-12-29/h4,6-7,9-12,22-23H,3,5,8,13-21,24H2,1-2H3. The van der Waals surface area contributed by atoms with Crippen molar-refractivity contribution in [2.24, 2.45) is 0 Å². The van der Waals surface area contributed by atoms with Gasteiger partial charge >= 0.3 is 0 Å². The molecule has 1 heterocycles. The molecule has 0 bridgehead atoms. The Hall–Kier alpha value is -3.29. The van der Waals surface area contributed by atoms with E-state index in [1.165, 1.54) is 6.07 Å². The van der Waals surface area contributed by atoms with E-state index in [9.17, 15) is 18.0 Å². The minimum Gasteiger partial charge on any atom is -0.379 e. The highest BCUT2D eigenvalue weighted by Gasteiger charge is 2.18. The average molecular weight is 616 g/mol. The van der Waals surface area contributed by atoms with Gasteiger partial charge in [0.2, 0.25) is 0 Å². The van der Waals surface area contributed by atoms with Gasteiger partial charge in [0.15, 0.2) is 21.4 Å². The monoisotopic (exact) mass is 615 g/mol. The summed E-state index contributed by atoms with van der Waals surface area (Å²) in [7, 11) is -3.57. The van der Waals surface area contributed by atoms with Gasteiger partial charge in [0.25, 0.3) is 0 Å². The van der Waals surface area contributed by atoms with Crippen LogP contribution < -0.4 is 0 Å². The minimum atomic E-state index is -3.57. The van der Waals surface area contributed by atoms with Crippen molar-refractivity contribution in [3.05, 3.63) is 77.1 Å². The fourth-order valence-electron chi connectivity index (χ4n) is 3.98. The summed E-state index contributed by atoms with van der Waals surface area (Å²) >= 11 is 0. The molecule has 43 heavy (non-hydrogen) atoms. The van der Waals surface area contributed by atoms with E-state index in [0.717, 1.165) is 17.8 Å². The Morgan fingerprint density at radius 3 is 1.98 bits per heavy atom. The molecule has 3 rings (SSSR count). The Labute approximate surface area is 253 Å². The smallest absolute Gasteiger partial charge is 0.178 e. The highest BCUT2D eigenvalue weighted by Crippen LogP contribution is 2.16. The second-order valence-electron chi connectivity index (χ2n) is 9.87. The number of sulfone groups is 1. The summed E-state index contributed by atoms with van der Waals surface area (Å²) in [6, 6.07) is 13.0. The van der Waals surface area contributed by atoms with E-state index >= 15 is 0 Å². The molecule has 11 nitrogen and oxygen atoms in total. The molecule has 0 aliphatic heterocycles. The number of rotatable bonds is 22. The maximum atomic E-state index is 12.7. The first-order valence-electron chi connectivity index (χ1n) is 14.4. The predicted octanol–water partition coefficient (Wildman–Crippen LogP) is 3.88. The van der Waals surface area contributed by atoms with Gasteiger partial charge in [-0.25, -0.2) is 8.42 Å². The number of benzene rings is 2. The van der Waals surface area contributed by atoms with Gasteiger partial charge in [-0.1, -0.05) is 41.1 Å². The van der Waals surface area contributed by atoms with E-state index in [2.05, 4.69) is 10.3 Å². The molecule has 0 atom stereocenters. The summed E-state index contributed by atoms with van der Waals surface area (Å²) in [5, 5.41) is 7.96. The van der Waals surface area contributed by atoms with Gasteiger partial charge in [-0.15, -0.1) is 5.10 Å². The highest BCUT2D eigenvalue weighted by molar-refractivity contribution is 7.91. The van der Waals surface area contributed by atoms with Gasteiger partial charge in [-0.2, -0.15) is 0 Å². The van der Waals surface area contributed by atoms with Crippen molar-refractivity contribution in [1.29, 1.82) is 0 Å². The van der Waals surface area contributed by atoms with Crippen LogP contribution in [0.5, 0.6) is 0 Å². The summed E-state index contributed by atoms with van der Waals surface area (Å²) in [6.45, 7) is 8.10. The molecule has 1 aromatic heterocycles. The van der Waals surface area contributed by atoms with Crippen molar-refractivity contribution in [3.63, 3.8) is 0 Å². The van der Waals surface area contributed by atoms with E-state index in [1.54, 1.807) is 47.1 Å². The molecule has 2 aromatic carbocycles. The van der Waals surface area contributed by atoms with E-state index < -0.39 is 9.84 Å². The molecule has 0 saturated heterocycles. The fourth-order valence-corrected chi connectivity index (χ4v) is 5.22. The Kier molecular flexibility index (Phi) is 14.6. The van der Waals surface area contributed by atoms with Crippen molar-refractivity contribution in [2.45, 2.75) is 51.2 Å². The van der Waals surface area contributed by atoms with Gasteiger partial charge in [0.05, 0.1) is 63.1 Å². The number of carbonyl (C=O) groups is 2. The molecule has 0 unspecified atom stereocenters. The van der Waals surface area contributed by atoms with Gasteiger partial charge in [-0.3, -0.25) is 14.3 Å². The van der Waals surface area contributed by atoms with Crippen molar-refractivity contribution >= 4 is 21.4 Å². The molecule has 0 fully saturated rings. The third-order valence-electron chi connectivity index (χ3n) is 6.45. The largest absolute Gasteiger partial charge is 0.379 e. The van der Waals surface area contributed by atoms with Crippen molar-refractivity contribution in [1.82, 2.24) is 15.0 Å². The van der Waals surface area contributed by atoms with Crippen molar-refractivity contribution < 1.29 is 37.0 Å². The molecular weight excluding hydrogens is 574 g/mol. The third kappa shape index (κ3) is 12.5. The molecular formula is C31H41N3O8S. The van der Waals surface area contributed by atoms with Crippen molar-refractivity contribution in [2.75, 3.05) is 52.0 Å². The number of ketones is 2. The highest BCUT2D eigenvalue weighted by atomic mass is 32.2. The maximum Gasteiger partial charge on any atom is 0.178 e. The van der Waals surface area contributed by atoms with E-state index in [0.29, 0.717) is 70.4 Å². The zero-order valence-corrected chi connectivity index (χ0v) is 25.7. The average Bonchev–Trinajstić information content (AvgIpc) is 3.48. The number of hydrogen-bond donors (Lipinski definition) is 0. The Morgan fingerprint density at radius 2 is 1.37 bits per heavy atom. The van der Waals surface area contributed by atoms with Gasteiger partial charge < -0.3 is 18.9 Å². The predicted molar refractivity (Wildman–Crippen MR) is 160 cm³/mol. The summed E-state index contributed by atoms with van der Waals surface area (Å²) in [6.07, 6.45) is 2.50.